The fraction of sp³-hybridized carbons (Fsp3) is 0. The number of benzene rings is 2. The Labute approximate surface area is 165 Å². The first-order valence-corrected chi connectivity index (χ1v) is 9.09. The highest BCUT2D eigenvalue weighted by Gasteiger charge is 2.39. The van der Waals surface area contributed by atoms with Crippen molar-refractivity contribution < 1.29 is 9.59 Å². The predicted octanol–water partition coefficient (Wildman–Crippen LogP) is 4.33. The van der Waals surface area contributed by atoms with Crippen molar-refractivity contribution in [2.75, 3.05) is 10.2 Å². The zero-order valence-electron chi connectivity index (χ0n) is 11.5. The maximum Gasteiger partial charge on any atom is 0.283 e. The fourth-order valence-corrected chi connectivity index (χ4v) is 3.52. The zero-order valence-corrected chi connectivity index (χ0v) is 16.6. The number of carbonyl (C=O) groups is 2. The first-order valence-electron chi connectivity index (χ1n) is 6.55. The molecule has 0 aliphatic carbocycles. The summed E-state index contributed by atoms with van der Waals surface area (Å²) in [6, 6.07) is 14.6. The SMILES string of the molecule is O=C1C(Cl)=C(Nc2ccccc2I)C(=O)N1c1ccccc1I. The maximum atomic E-state index is 12.7. The molecule has 0 bridgehead atoms. The van der Waals surface area contributed by atoms with Crippen molar-refractivity contribution >= 4 is 80.0 Å². The summed E-state index contributed by atoms with van der Waals surface area (Å²) in [5.74, 6) is -0.974. The summed E-state index contributed by atoms with van der Waals surface area (Å²) in [7, 11) is 0. The Hall–Kier alpha value is -1.13. The average Bonchev–Trinajstić information content (AvgIpc) is 2.74. The van der Waals surface area contributed by atoms with E-state index in [9.17, 15) is 9.59 Å². The van der Waals surface area contributed by atoms with E-state index in [1.807, 2.05) is 36.4 Å². The molecule has 116 valence electrons. The van der Waals surface area contributed by atoms with Crippen LogP contribution in [-0.2, 0) is 9.59 Å². The Balaban J connectivity index is 1.97. The number of nitrogens with one attached hydrogen (secondary N) is 1. The van der Waals surface area contributed by atoms with Crippen molar-refractivity contribution in [3.63, 3.8) is 0 Å². The molecule has 1 N–H and O–H groups in total. The van der Waals surface area contributed by atoms with Crippen LogP contribution in [-0.4, -0.2) is 11.8 Å². The lowest BCUT2D eigenvalue weighted by Gasteiger charge is -2.16. The Morgan fingerprint density at radius 3 is 2.13 bits per heavy atom. The third-order valence-corrected chi connectivity index (χ3v) is 5.46. The lowest BCUT2D eigenvalue weighted by molar-refractivity contribution is -0.120. The Morgan fingerprint density at radius 1 is 0.870 bits per heavy atom. The molecule has 3 rings (SSSR count). The minimum absolute atomic E-state index is 0.0976. The van der Waals surface area contributed by atoms with Crippen LogP contribution in [0, 0.1) is 7.14 Å². The van der Waals surface area contributed by atoms with E-state index in [1.54, 1.807) is 12.1 Å². The molecule has 1 aliphatic rings. The van der Waals surface area contributed by atoms with Gasteiger partial charge in [0, 0.05) is 7.14 Å². The summed E-state index contributed by atoms with van der Waals surface area (Å²) >= 11 is 10.4. The van der Waals surface area contributed by atoms with Gasteiger partial charge in [-0.25, -0.2) is 4.90 Å². The van der Waals surface area contributed by atoms with Crippen LogP contribution in [0.5, 0.6) is 0 Å². The minimum atomic E-state index is -0.519. The summed E-state index contributed by atoms with van der Waals surface area (Å²) < 4.78 is 1.72. The van der Waals surface area contributed by atoms with E-state index in [1.165, 1.54) is 0 Å². The van der Waals surface area contributed by atoms with Gasteiger partial charge in [-0.2, -0.15) is 0 Å². The molecule has 0 saturated heterocycles. The van der Waals surface area contributed by atoms with Crippen LogP contribution in [0.1, 0.15) is 0 Å². The first-order chi connectivity index (χ1) is 11.0. The topological polar surface area (TPSA) is 49.4 Å². The van der Waals surface area contributed by atoms with Crippen LogP contribution in [0.15, 0.2) is 59.3 Å². The second kappa shape index (κ2) is 6.78. The van der Waals surface area contributed by atoms with Crippen molar-refractivity contribution in [3.8, 4) is 0 Å². The van der Waals surface area contributed by atoms with Crippen molar-refractivity contribution in [2.24, 2.45) is 0 Å². The number of halogens is 3. The normalized spacial score (nSPS) is 14.7. The molecule has 0 saturated carbocycles. The van der Waals surface area contributed by atoms with Gasteiger partial charge >= 0.3 is 0 Å². The molecule has 4 nitrogen and oxygen atoms in total. The minimum Gasteiger partial charge on any atom is -0.349 e. The second-order valence-electron chi connectivity index (χ2n) is 4.69. The van der Waals surface area contributed by atoms with Crippen LogP contribution in [0.2, 0.25) is 0 Å². The van der Waals surface area contributed by atoms with Gasteiger partial charge < -0.3 is 5.32 Å². The van der Waals surface area contributed by atoms with Crippen LogP contribution < -0.4 is 10.2 Å². The molecule has 0 spiro atoms. The standard InChI is InChI=1S/C16H9ClI2N2O2/c17-13-14(20-11-7-3-1-5-9(11)18)16(23)21(15(13)22)12-8-4-2-6-10(12)19/h1-8,20H. The molecule has 2 amide bonds. The van der Waals surface area contributed by atoms with Crippen LogP contribution >= 0.6 is 56.8 Å². The van der Waals surface area contributed by atoms with Gasteiger partial charge in [-0.05, 0) is 69.4 Å². The van der Waals surface area contributed by atoms with E-state index >= 15 is 0 Å². The monoisotopic (exact) mass is 550 g/mol. The Kier molecular flexibility index (Phi) is 4.93. The molecule has 23 heavy (non-hydrogen) atoms. The number of para-hydroxylation sites is 2. The molecule has 2 aromatic carbocycles. The van der Waals surface area contributed by atoms with Crippen molar-refractivity contribution in [2.45, 2.75) is 0 Å². The fourth-order valence-electron chi connectivity index (χ4n) is 2.16. The molecule has 1 aliphatic heterocycles. The zero-order chi connectivity index (χ0) is 16.6. The van der Waals surface area contributed by atoms with Gasteiger partial charge in [0.2, 0.25) is 0 Å². The van der Waals surface area contributed by atoms with E-state index < -0.39 is 11.8 Å². The van der Waals surface area contributed by atoms with Gasteiger partial charge in [0.25, 0.3) is 11.8 Å². The largest absolute Gasteiger partial charge is 0.349 e. The van der Waals surface area contributed by atoms with Gasteiger partial charge in [-0.3, -0.25) is 9.59 Å². The molecular formula is C16H9ClI2N2O2. The highest BCUT2D eigenvalue weighted by Crippen LogP contribution is 2.33. The number of amides is 2. The molecular weight excluding hydrogens is 541 g/mol. The van der Waals surface area contributed by atoms with Gasteiger partial charge in [0.05, 0.1) is 11.4 Å². The highest BCUT2D eigenvalue weighted by molar-refractivity contribution is 14.1. The van der Waals surface area contributed by atoms with Crippen molar-refractivity contribution in [3.05, 3.63) is 66.4 Å². The summed E-state index contributed by atoms with van der Waals surface area (Å²) in [5.41, 5.74) is 1.35. The van der Waals surface area contributed by atoms with Gasteiger partial charge in [0.15, 0.2) is 0 Å². The van der Waals surface area contributed by atoms with Gasteiger partial charge in [0.1, 0.15) is 10.7 Å². The summed E-state index contributed by atoms with van der Waals surface area (Å²) in [6.45, 7) is 0. The number of hydrogen-bond donors (Lipinski definition) is 1. The van der Waals surface area contributed by atoms with Crippen LogP contribution in [0.25, 0.3) is 0 Å². The van der Waals surface area contributed by atoms with Gasteiger partial charge in [-0.1, -0.05) is 35.9 Å². The Bertz CT molecular complexity index is 851. The molecule has 0 atom stereocenters. The van der Waals surface area contributed by atoms with E-state index in [2.05, 4.69) is 50.5 Å². The number of imide groups is 1. The van der Waals surface area contributed by atoms with Crippen molar-refractivity contribution in [1.29, 1.82) is 0 Å². The maximum absolute atomic E-state index is 12.7. The first kappa shape index (κ1) is 16.7. The highest BCUT2D eigenvalue weighted by atomic mass is 127. The molecule has 0 aromatic heterocycles. The predicted molar refractivity (Wildman–Crippen MR) is 107 cm³/mol. The molecule has 0 unspecified atom stereocenters. The van der Waals surface area contributed by atoms with E-state index in [4.69, 9.17) is 11.6 Å². The number of hydrogen-bond acceptors (Lipinski definition) is 3. The van der Waals surface area contributed by atoms with Crippen molar-refractivity contribution in [1.82, 2.24) is 0 Å². The summed E-state index contributed by atoms with van der Waals surface area (Å²) in [5, 5.41) is 2.88. The third kappa shape index (κ3) is 3.11. The lowest BCUT2D eigenvalue weighted by Crippen LogP contribution is -2.32. The van der Waals surface area contributed by atoms with Gasteiger partial charge in [-0.15, -0.1) is 0 Å². The van der Waals surface area contributed by atoms with E-state index in [-0.39, 0.29) is 10.7 Å². The molecule has 0 radical (unpaired) electrons. The smallest absolute Gasteiger partial charge is 0.283 e. The molecule has 7 heteroatoms. The summed E-state index contributed by atoms with van der Waals surface area (Å²) in [4.78, 5) is 26.2. The second-order valence-corrected chi connectivity index (χ2v) is 7.39. The van der Waals surface area contributed by atoms with Crippen LogP contribution in [0.3, 0.4) is 0 Å². The third-order valence-electron chi connectivity index (χ3n) is 3.25. The van der Waals surface area contributed by atoms with Crippen LogP contribution in [0.4, 0.5) is 11.4 Å². The average molecular weight is 551 g/mol. The lowest BCUT2D eigenvalue weighted by atomic mass is 10.3. The quantitative estimate of drug-likeness (QED) is 0.458. The molecule has 2 aromatic rings. The van der Waals surface area contributed by atoms with E-state index in [0.29, 0.717) is 5.69 Å². The number of carbonyl (C=O) groups excluding carboxylic acids is 2. The molecule has 0 fully saturated rings. The summed E-state index contributed by atoms with van der Waals surface area (Å²) in [6.07, 6.45) is 0. The number of anilines is 2. The Morgan fingerprint density at radius 2 is 1.48 bits per heavy atom. The molecule has 1 heterocycles. The number of rotatable bonds is 3. The van der Waals surface area contributed by atoms with E-state index in [0.717, 1.165) is 17.7 Å². The number of nitrogens with zero attached hydrogens (tertiary/aromatic N) is 1.